The molecule has 0 amide bonds. The fraction of sp³-hybridized carbons (Fsp3) is 1.00. The van der Waals surface area contributed by atoms with Gasteiger partial charge in [0.1, 0.15) is 0 Å². The van der Waals surface area contributed by atoms with Crippen LogP contribution in [0.3, 0.4) is 0 Å². The molecule has 88 valence electrons. The molecule has 2 aliphatic carbocycles. The molecule has 0 spiro atoms. The van der Waals surface area contributed by atoms with Gasteiger partial charge in [-0.3, -0.25) is 0 Å². The van der Waals surface area contributed by atoms with Crippen LogP contribution in [0.5, 0.6) is 0 Å². The summed E-state index contributed by atoms with van der Waals surface area (Å²) in [4.78, 5) is 2.63. The van der Waals surface area contributed by atoms with Crippen LogP contribution in [0.1, 0.15) is 51.9 Å². The number of nitrogens with zero attached hydrogens (tertiary/aromatic N) is 1. The molecule has 2 N–H and O–H groups in total. The van der Waals surface area contributed by atoms with Gasteiger partial charge in [-0.15, -0.1) is 0 Å². The highest BCUT2D eigenvalue weighted by Gasteiger charge is 2.33. The smallest absolute Gasteiger partial charge is 0.0283 e. The summed E-state index contributed by atoms with van der Waals surface area (Å²) < 4.78 is 0. The van der Waals surface area contributed by atoms with E-state index in [1.807, 2.05) is 0 Å². The Kier molecular flexibility index (Phi) is 3.68. The number of nitrogens with two attached hydrogens (primary N) is 1. The maximum absolute atomic E-state index is 6.44. The molecule has 0 heterocycles. The van der Waals surface area contributed by atoms with Crippen LogP contribution in [0, 0.1) is 5.92 Å². The molecule has 0 radical (unpaired) electrons. The van der Waals surface area contributed by atoms with Crippen molar-refractivity contribution in [2.24, 2.45) is 11.7 Å². The van der Waals surface area contributed by atoms with E-state index < -0.39 is 0 Å². The third-order valence-electron chi connectivity index (χ3n) is 3.89. The summed E-state index contributed by atoms with van der Waals surface area (Å²) in [5.74, 6) is 1.00. The molecule has 0 aromatic heterocycles. The second-order valence-corrected chi connectivity index (χ2v) is 5.75. The lowest BCUT2D eigenvalue weighted by atomic mass is 9.98. The first-order chi connectivity index (χ1) is 7.22. The molecule has 2 aliphatic rings. The van der Waals surface area contributed by atoms with Crippen LogP contribution in [-0.4, -0.2) is 30.1 Å². The normalized spacial score (nSPS) is 25.0. The molecule has 15 heavy (non-hydrogen) atoms. The largest absolute Gasteiger partial charge is 0.324 e. The molecule has 0 aliphatic heterocycles. The molecule has 0 atom stereocenters. The van der Waals surface area contributed by atoms with Gasteiger partial charge in [-0.05, 0) is 44.6 Å². The van der Waals surface area contributed by atoms with Gasteiger partial charge in [0.05, 0.1) is 0 Å². The average molecular weight is 210 g/mol. The molecule has 0 saturated heterocycles. The van der Waals surface area contributed by atoms with Crippen molar-refractivity contribution in [1.82, 2.24) is 4.90 Å². The predicted octanol–water partition coefficient (Wildman–Crippen LogP) is 2.38. The van der Waals surface area contributed by atoms with Gasteiger partial charge in [0.15, 0.2) is 0 Å². The van der Waals surface area contributed by atoms with Crippen LogP contribution in [0.4, 0.5) is 0 Å². The van der Waals surface area contributed by atoms with E-state index in [2.05, 4.69) is 11.8 Å². The number of rotatable bonds is 6. The summed E-state index contributed by atoms with van der Waals surface area (Å²) in [6, 6.07) is 0. The predicted molar refractivity (Wildman–Crippen MR) is 64.8 cm³/mol. The summed E-state index contributed by atoms with van der Waals surface area (Å²) in [6.07, 6.45) is 9.37. The van der Waals surface area contributed by atoms with Crippen molar-refractivity contribution in [2.75, 3.05) is 19.6 Å². The first kappa shape index (κ1) is 11.4. The van der Waals surface area contributed by atoms with Gasteiger partial charge < -0.3 is 10.6 Å². The molecule has 0 unspecified atom stereocenters. The van der Waals surface area contributed by atoms with Crippen molar-refractivity contribution in [3.63, 3.8) is 0 Å². The molecule has 2 heteroatoms. The summed E-state index contributed by atoms with van der Waals surface area (Å²) in [7, 11) is 0. The Morgan fingerprint density at radius 2 is 1.93 bits per heavy atom. The minimum atomic E-state index is 0.157. The van der Waals surface area contributed by atoms with Gasteiger partial charge in [-0.25, -0.2) is 0 Å². The van der Waals surface area contributed by atoms with Gasteiger partial charge in [0.2, 0.25) is 0 Å². The SMILES string of the molecule is CCCN(CC1CC1)CC1(N)CCCC1. The highest BCUT2D eigenvalue weighted by Crippen LogP contribution is 2.32. The third-order valence-corrected chi connectivity index (χ3v) is 3.89. The zero-order valence-electron chi connectivity index (χ0n) is 10.2. The fourth-order valence-corrected chi connectivity index (χ4v) is 2.90. The standard InChI is InChI=1S/C13H26N2/c1-2-9-15(10-12-5-6-12)11-13(14)7-3-4-8-13/h12H,2-11,14H2,1H3. The highest BCUT2D eigenvalue weighted by atomic mass is 15.1. The molecule has 2 nitrogen and oxygen atoms in total. The van der Waals surface area contributed by atoms with E-state index >= 15 is 0 Å². The first-order valence-corrected chi connectivity index (χ1v) is 6.73. The Morgan fingerprint density at radius 1 is 1.27 bits per heavy atom. The van der Waals surface area contributed by atoms with Crippen molar-refractivity contribution < 1.29 is 0 Å². The number of hydrogen-bond donors (Lipinski definition) is 1. The summed E-state index contributed by atoms with van der Waals surface area (Å²) in [5, 5.41) is 0. The molecule has 0 aromatic carbocycles. The van der Waals surface area contributed by atoms with E-state index in [0.717, 1.165) is 12.5 Å². The van der Waals surface area contributed by atoms with Crippen molar-refractivity contribution >= 4 is 0 Å². The minimum absolute atomic E-state index is 0.157. The fourth-order valence-electron chi connectivity index (χ4n) is 2.90. The van der Waals surface area contributed by atoms with Gasteiger partial charge in [-0.2, -0.15) is 0 Å². The maximum Gasteiger partial charge on any atom is 0.0283 e. The second-order valence-electron chi connectivity index (χ2n) is 5.75. The zero-order valence-corrected chi connectivity index (χ0v) is 10.2. The Bertz CT molecular complexity index is 193. The lowest BCUT2D eigenvalue weighted by Gasteiger charge is -2.32. The van der Waals surface area contributed by atoms with Gasteiger partial charge in [0, 0.05) is 18.6 Å². The van der Waals surface area contributed by atoms with Gasteiger partial charge in [0.25, 0.3) is 0 Å². The molecular weight excluding hydrogens is 184 g/mol. The molecule has 0 aromatic rings. The van der Waals surface area contributed by atoms with E-state index in [0.29, 0.717) is 0 Å². The molecule has 2 saturated carbocycles. The van der Waals surface area contributed by atoms with E-state index in [-0.39, 0.29) is 5.54 Å². The minimum Gasteiger partial charge on any atom is -0.324 e. The summed E-state index contributed by atoms with van der Waals surface area (Å²) in [6.45, 7) is 5.98. The average Bonchev–Trinajstić information content (AvgIpc) is 2.89. The van der Waals surface area contributed by atoms with E-state index in [4.69, 9.17) is 5.73 Å². The topological polar surface area (TPSA) is 29.3 Å². The van der Waals surface area contributed by atoms with Crippen molar-refractivity contribution in [3.8, 4) is 0 Å². The van der Waals surface area contributed by atoms with Crippen LogP contribution < -0.4 is 5.73 Å². The summed E-state index contributed by atoms with van der Waals surface area (Å²) in [5.41, 5.74) is 6.60. The Morgan fingerprint density at radius 3 is 2.47 bits per heavy atom. The van der Waals surface area contributed by atoms with E-state index in [1.54, 1.807) is 0 Å². The maximum atomic E-state index is 6.44. The van der Waals surface area contributed by atoms with Gasteiger partial charge >= 0.3 is 0 Å². The molecule has 2 fully saturated rings. The van der Waals surface area contributed by atoms with Crippen LogP contribution >= 0.6 is 0 Å². The molecule has 2 rings (SSSR count). The van der Waals surface area contributed by atoms with Gasteiger partial charge in [-0.1, -0.05) is 19.8 Å². The highest BCUT2D eigenvalue weighted by molar-refractivity contribution is 4.93. The van der Waals surface area contributed by atoms with Crippen LogP contribution in [0.25, 0.3) is 0 Å². The molecule has 0 bridgehead atoms. The van der Waals surface area contributed by atoms with E-state index in [1.165, 1.54) is 58.0 Å². The quantitative estimate of drug-likeness (QED) is 0.729. The van der Waals surface area contributed by atoms with Crippen molar-refractivity contribution in [2.45, 2.75) is 57.4 Å². The monoisotopic (exact) mass is 210 g/mol. The second kappa shape index (κ2) is 4.84. The Balaban J connectivity index is 1.80. The van der Waals surface area contributed by atoms with Crippen LogP contribution in [-0.2, 0) is 0 Å². The van der Waals surface area contributed by atoms with Crippen LogP contribution in [0.2, 0.25) is 0 Å². The first-order valence-electron chi connectivity index (χ1n) is 6.73. The number of hydrogen-bond acceptors (Lipinski definition) is 2. The van der Waals surface area contributed by atoms with Crippen molar-refractivity contribution in [1.29, 1.82) is 0 Å². The lowest BCUT2D eigenvalue weighted by Crippen LogP contribution is -2.48. The zero-order chi connectivity index (χ0) is 10.7. The Labute approximate surface area is 94.2 Å². The lowest BCUT2D eigenvalue weighted by molar-refractivity contribution is 0.202. The van der Waals surface area contributed by atoms with E-state index in [9.17, 15) is 0 Å². The van der Waals surface area contributed by atoms with Crippen molar-refractivity contribution in [3.05, 3.63) is 0 Å². The van der Waals surface area contributed by atoms with Crippen LogP contribution in [0.15, 0.2) is 0 Å². The summed E-state index contributed by atoms with van der Waals surface area (Å²) >= 11 is 0. The Hall–Kier alpha value is -0.0800. The molecular formula is C13H26N2. The third kappa shape index (κ3) is 3.46.